The Morgan fingerprint density at radius 1 is 1.30 bits per heavy atom. The number of ether oxygens (including phenoxy) is 1. The van der Waals surface area contributed by atoms with Gasteiger partial charge in [0.15, 0.2) is 0 Å². The summed E-state index contributed by atoms with van der Waals surface area (Å²) in [7, 11) is 1.27. The minimum atomic E-state index is -0.548. The number of methoxy groups -OCH3 is 1. The van der Waals surface area contributed by atoms with E-state index in [0.717, 1.165) is 11.3 Å². The number of hydrogen-bond donors (Lipinski definition) is 1. The maximum Gasteiger partial charge on any atom is 0.339 e. The maximum absolute atomic E-state index is 12.8. The van der Waals surface area contributed by atoms with Gasteiger partial charge in [-0.25, -0.2) is 9.78 Å². The van der Waals surface area contributed by atoms with Crippen molar-refractivity contribution in [1.29, 1.82) is 0 Å². The van der Waals surface area contributed by atoms with Crippen molar-refractivity contribution >= 4 is 39.1 Å². The van der Waals surface area contributed by atoms with Crippen molar-refractivity contribution in [1.82, 2.24) is 9.55 Å². The molecule has 2 heterocycles. The van der Waals surface area contributed by atoms with Gasteiger partial charge in [0.25, 0.3) is 5.56 Å². The summed E-state index contributed by atoms with van der Waals surface area (Å²) < 4.78 is 6.06. The Morgan fingerprint density at radius 3 is 2.74 bits per heavy atom. The number of carbonyl (C=O) groups is 2. The van der Waals surface area contributed by atoms with Crippen molar-refractivity contribution in [2.75, 3.05) is 12.4 Å². The van der Waals surface area contributed by atoms with Crippen LogP contribution in [0.25, 0.3) is 10.2 Å². The van der Waals surface area contributed by atoms with E-state index in [9.17, 15) is 14.4 Å². The van der Waals surface area contributed by atoms with Gasteiger partial charge in [-0.05, 0) is 31.5 Å². The van der Waals surface area contributed by atoms with Crippen molar-refractivity contribution in [3.05, 3.63) is 57.0 Å². The highest BCUT2D eigenvalue weighted by atomic mass is 32.1. The molecule has 8 heteroatoms. The zero-order valence-electron chi connectivity index (χ0n) is 15.2. The van der Waals surface area contributed by atoms with Gasteiger partial charge < -0.3 is 10.1 Å². The Hall–Kier alpha value is -3.00. The maximum atomic E-state index is 12.8. The van der Waals surface area contributed by atoms with E-state index in [1.54, 1.807) is 31.2 Å². The summed E-state index contributed by atoms with van der Waals surface area (Å²) in [5.41, 5.74) is 0.333. The van der Waals surface area contributed by atoms with E-state index in [2.05, 4.69) is 10.3 Å². The van der Waals surface area contributed by atoms with Gasteiger partial charge in [-0.3, -0.25) is 14.2 Å². The molecule has 0 aliphatic heterocycles. The van der Waals surface area contributed by atoms with Crippen LogP contribution in [0.15, 0.2) is 35.1 Å². The van der Waals surface area contributed by atoms with Gasteiger partial charge in [0.05, 0.1) is 23.7 Å². The molecule has 0 radical (unpaired) electrons. The van der Waals surface area contributed by atoms with Crippen molar-refractivity contribution in [3.63, 3.8) is 0 Å². The van der Waals surface area contributed by atoms with Crippen LogP contribution in [0, 0.1) is 6.92 Å². The summed E-state index contributed by atoms with van der Waals surface area (Å²) in [6.45, 7) is 3.52. The number of esters is 1. The molecule has 0 unspecified atom stereocenters. The highest BCUT2D eigenvalue weighted by Crippen LogP contribution is 2.22. The summed E-state index contributed by atoms with van der Waals surface area (Å²) in [5.74, 6) is -0.509. The van der Waals surface area contributed by atoms with Crippen LogP contribution in [-0.2, 0) is 22.5 Å². The predicted molar refractivity (Wildman–Crippen MR) is 104 cm³/mol. The first-order chi connectivity index (χ1) is 12.9. The summed E-state index contributed by atoms with van der Waals surface area (Å²) in [4.78, 5) is 43.3. The minimum Gasteiger partial charge on any atom is -0.465 e. The van der Waals surface area contributed by atoms with Gasteiger partial charge in [-0.2, -0.15) is 0 Å². The number of anilines is 1. The lowest BCUT2D eigenvalue weighted by Gasteiger charge is -2.12. The highest BCUT2D eigenvalue weighted by molar-refractivity contribution is 7.18. The highest BCUT2D eigenvalue weighted by Gasteiger charge is 2.16. The fraction of sp³-hybridized carbons (Fsp3) is 0.263. The second-order valence-electron chi connectivity index (χ2n) is 5.92. The van der Waals surface area contributed by atoms with Crippen molar-refractivity contribution in [2.24, 2.45) is 0 Å². The molecule has 1 N–H and O–H groups in total. The number of nitrogens with zero attached hydrogens (tertiary/aromatic N) is 2. The third-order valence-electron chi connectivity index (χ3n) is 4.15. The van der Waals surface area contributed by atoms with E-state index in [-0.39, 0.29) is 17.7 Å². The van der Waals surface area contributed by atoms with Gasteiger partial charge in [-0.1, -0.05) is 19.1 Å². The Labute approximate surface area is 159 Å². The molecule has 0 aliphatic rings. The van der Waals surface area contributed by atoms with Gasteiger partial charge in [0, 0.05) is 4.88 Å². The lowest BCUT2D eigenvalue weighted by molar-refractivity contribution is -0.116. The number of rotatable bonds is 5. The molecular formula is C19H19N3O4S. The third-order valence-corrected chi connectivity index (χ3v) is 5.32. The predicted octanol–water partition coefficient (Wildman–Crippen LogP) is 2.75. The molecule has 0 aliphatic carbocycles. The minimum absolute atomic E-state index is 0.194. The number of thiophene rings is 1. The number of aromatic nitrogens is 2. The largest absolute Gasteiger partial charge is 0.465 e. The molecule has 0 fully saturated rings. The Kier molecular flexibility index (Phi) is 5.36. The van der Waals surface area contributed by atoms with Crippen LogP contribution in [-0.4, -0.2) is 28.5 Å². The monoisotopic (exact) mass is 385 g/mol. The average molecular weight is 385 g/mol. The summed E-state index contributed by atoms with van der Waals surface area (Å²) >= 11 is 1.49. The fourth-order valence-electron chi connectivity index (χ4n) is 2.74. The van der Waals surface area contributed by atoms with Crippen LogP contribution < -0.4 is 10.9 Å². The van der Waals surface area contributed by atoms with E-state index in [0.29, 0.717) is 21.7 Å². The number of aryl methyl sites for hydroxylation is 2. The van der Waals surface area contributed by atoms with Crippen molar-refractivity contribution in [3.8, 4) is 0 Å². The molecule has 3 aromatic rings. The molecule has 140 valence electrons. The Morgan fingerprint density at radius 2 is 2.04 bits per heavy atom. The molecular weight excluding hydrogens is 366 g/mol. The van der Waals surface area contributed by atoms with Gasteiger partial charge in [0.2, 0.25) is 5.91 Å². The van der Waals surface area contributed by atoms with E-state index in [1.165, 1.54) is 23.0 Å². The van der Waals surface area contributed by atoms with Crippen LogP contribution in [0.2, 0.25) is 0 Å². The molecule has 3 rings (SSSR count). The standard InChI is InChI=1S/C19H19N3O4S/c1-4-12-9-14-17(27-12)20-11(2)22(18(14)24)10-16(23)21-15-8-6-5-7-13(15)19(25)26-3/h5-9H,4,10H2,1-3H3,(H,21,23). The van der Waals surface area contributed by atoms with Crippen LogP contribution in [0.5, 0.6) is 0 Å². The number of carbonyl (C=O) groups excluding carboxylic acids is 2. The number of fused-ring (bicyclic) bond motifs is 1. The van der Waals surface area contributed by atoms with E-state index in [1.807, 2.05) is 13.0 Å². The first-order valence-electron chi connectivity index (χ1n) is 8.41. The van der Waals surface area contributed by atoms with Crippen LogP contribution in [0.1, 0.15) is 28.0 Å². The summed E-state index contributed by atoms with van der Waals surface area (Å²) in [6, 6.07) is 8.37. The molecule has 1 amide bonds. The molecule has 2 aromatic heterocycles. The van der Waals surface area contributed by atoms with Gasteiger partial charge in [-0.15, -0.1) is 11.3 Å². The van der Waals surface area contributed by atoms with Gasteiger partial charge in [0.1, 0.15) is 17.2 Å². The number of benzene rings is 1. The lowest BCUT2D eigenvalue weighted by atomic mass is 10.2. The Balaban J connectivity index is 1.89. The fourth-order valence-corrected chi connectivity index (χ4v) is 3.74. The molecule has 7 nitrogen and oxygen atoms in total. The third kappa shape index (κ3) is 3.75. The number of para-hydroxylation sites is 1. The van der Waals surface area contributed by atoms with Crippen LogP contribution in [0.3, 0.4) is 0 Å². The SMILES string of the molecule is CCc1cc2c(=O)n(CC(=O)Nc3ccccc3C(=O)OC)c(C)nc2s1. The molecule has 0 saturated carbocycles. The second-order valence-corrected chi connectivity index (χ2v) is 7.04. The zero-order valence-corrected chi connectivity index (χ0v) is 16.1. The zero-order chi connectivity index (χ0) is 19.6. The van der Waals surface area contributed by atoms with Crippen LogP contribution >= 0.6 is 11.3 Å². The number of nitrogens with one attached hydrogen (secondary N) is 1. The molecule has 1 aromatic carbocycles. The van der Waals surface area contributed by atoms with E-state index in [4.69, 9.17) is 4.74 Å². The van der Waals surface area contributed by atoms with Crippen molar-refractivity contribution in [2.45, 2.75) is 26.8 Å². The van der Waals surface area contributed by atoms with E-state index < -0.39 is 11.9 Å². The second kappa shape index (κ2) is 7.71. The summed E-state index contributed by atoms with van der Waals surface area (Å²) in [6.07, 6.45) is 0.824. The smallest absolute Gasteiger partial charge is 0.339 e. The Bertz CT molecular complexity index is 1080. The molecule has 0 bridgehead atoms. The molecule has 0 spiro atoms. The van der Waals surface area contributed by atoms with Gasteiger partial charge >= 0.3 is 5.97 Å². The molecule has 0 saturated heterocycles. The lowest BCUT2D eigenvalue weighted by Crippen LogP contribution is -2.30. The van der Waals surface area contributed by atoms with Crippen molar-refractivity contribution < 1.29 is 14.3 Å². The summed E-state index contributed by atoms with van der Waals surface area (Å²) in [5, 5.41) is 3.19. The van der Waals surface area contributed by atoms with E-state index >= 15 is 0 Å². The number of hydrogen-bond acceptors (Lipinski definition) is 6. The number of amides is 1. The molecule has 27 heavy (non-hydrogen) atoms. The van der Waals surface area contributed by atoms with Crippen LogP contribution in [0.4, 0.5) is 5.69 Å². The topological polar surface area (TPSA) is 90.3 Å². The normalized spacial score (nSPS) is 10.8. The quantitative estimate of drug-likeness (QED) is 0.682. The first-order valence-corrected chi connectivity index (χ1v) is 9.23. The molecule has 0 atom stereocenters. The first kappa shape index (κ1) is 18.8. The average Bonchev–Trinajstić information content (AvgIpc) is 3.08.